The normalized spacial score (nSPS) is 20.5. The number of amides is 1. The average molecular weight is 622 g/mol. The molecule has 1 unspecified atom stereocenters. The highest BCUT2D eigenvalue weighted by atomic mass is 32.1. The second kappa shape index (κ2) is 14.0. The van der Waals surface area contributed by atoms with Gasteiger partial charge in [0.1, 0.15) is 11.4 Å². The zero-order valence-electron chi connectivity index (χ0n) is 26.2. The minimum Gasteiger partial charge on any atom is -0.494 e. The van der Waals surface area contributed by atoms with E-state index in [1.54, 1.807) is 18.4 Å². The van der Waals surface area contributed by atoms with E-state index in [0.717, 1.165) is 111 Å². The van der Waals surface area contributed by atoms with E-state index in [0.29, 0.717) is 13.0 Å². The Morgan fingerprint density at radius 2 is 1.86 bits per heavy atom. The first-order chi connectivity index (χ1) is 21.4. The number of hydrogen-bond donors (Lipinski definition) is 2. The summed E-state index contributed by atoms with van der Waals surface area (Å²) in [5.41, 5.74) is 2.36. The summed E-state index contributed by atoms with van der Waals surface area (Å²) in [5, 5.41) is 17.9. The molecule has 3 aliphatic rings. The maximum absolute atomic E-state index is 13.4. The lowest BCUT2D eigenvalue weighted by atomic mass is 9.94. The molecule has 3 saturated heterocycles. The molecule has 238 valence electrons. The van der Waals surface area contributed by atoms with Crippen LogP contribution in [0.2, 0.25) is 0 Å². The van der Waals surface area contributed by atoms with Gasteiger partial charge in [-0.25, -0.2) is 4.98 Å². The number of carbonyl (C=O) groups excluding carboxylic acids is 1. The van der Waals surface area contributed by atoms with E-state index in [4.69, 9.17) is 14.7 Å². The fourth-order valence-corrected chi connectivity index (χ4v) is 7.76. The number of aromatic nitrogens is 2. The van der Waals surface area contributed by atoms with Crippen LogP contribution in [0.3, 0.4) is 0 Å². The van der Waals surface area contributed by atoms with Gasteiger partial charge in [-0.2, -0.15) is 0 Å². The Labute approximate surface area is 265 Å². The molecule has 0 saturated carbocycles. The van der Waals surface area contributed by atoms with Crippen LogP contribution in [0, 0.1) is 0 Å². The molecule has 3 aromatic rings. The van der Waals surface area contributed by atoms with E-state index in [9.17, 15) is 9.90 Å². The molecule has 2 N–H and O–H groups in total. The van der Waals surface area contributed by atoms with Crippen LogP contribution in [0.1, 0.15) is 57.2 Å². The molecule has 0 aliphatic carbocycles. The van der Waals surface area contributed by atoms with Crippen molar-refractivity contribution in [2.45, 2.75) is 57.1 Å². The quantitative estimate of drug-likeness (QED) is 0.349. The molecule has 3 fully saturated rings. The summed E-state index contributed by atoms with van der Waals surface area (Å²) >= 11 is 1.65. The molecule has 1 amide bonds. The largest absolute Gasteiger partial charge is 0.494 e. The summed E-state index contributed by atoms with van der Waals surface area (Å²) in [7, 11) is 1.72. The summed E-state index contributed by atoms with van der Waals surface area (Å²) < 4.78 is 5.81. The molecule has 1 atom stereocenters. The fourth-order valence-electron chi connectivity index (χ4n) is 6.84. The molecule has 10 nitrogen and oxygen atoms in total. The minimum absolute atomic E-state index is 0.0822. The summed E-state index contributed by atoms with van der Waals surface area (Å²) in [6, 6.07) is 8.06. The molecular formula is C33H47N7O3S. The van der Waals surface area contributed by atoms with Crippen molar-refractivity contribution in [2.75, 3.05) is 82.4 Å². The van der Waals surface area contributed by atoms with Crippen LogP contribution in [-0.2, 0) is 4.79 Å². The van der Waals surface area contributed by atoms with Crippen molar-refractivity contribution < 1.29 is 14.6 Å². The molecule has 44 heavy (non-hydrogen) atoms. The number of pyridine rings is 1. The number of anilines is 2. The highest BCUT2D eigenvalue weighted by Gasteiger charge is 2.32. The number of rotatable bonds is 10. The van der Waals surface area contributed by atoms with Gasteiger partial charge in [0.25, 0.3) is 0 Å². The number of likely N-dealkylation sites (tertiary alicyclic amines) is 1. The molecule has 0 radical (unpaired) electrons. The first kappa shape index (κ1) is 31.0. The monoisotopic (exact) mass is 621 g/mol. The van der Waals surface area contributed by atoms with Gasteiger partial charge in [-0.1, -0.05) is 6.07 Å². The van der Waals surface area contributed by atoms with Crippen LogP contribution in [-0.4, -0.2) is 109 Å². The zero-order chi connectivity index (χ0) is 30.5. The highest BCUT2D eigenvalue weighted by Crippen LogP contribution is 2.37. The Morgan fingerprint density at radius 1 is 1.05 bits per heavy atom. The molecule has 2 aromatic heterocycles. The number of hydrogen-bond acceptors (Lipinski definition) is 10. The Balaban J connectivity index is 1.19. The van der Waals surface area contributed by atoms with Crippen molar-refractivity contribution in [3.05, 3.63) is 41.5 Å². The Bertz CT molecular complexity index is 1400. The fraction of sp³-hybridized carbons (Fsp3) is 0.606. The maximum atomic E-state index is 13.4. The number of nitrogens with zero attached hydrogens (tertiary/aromatic N) is 6. The average Bonchev–Trinajstić information content (AvgIpc) is 3.68. The lowest BCUT2D eigenvalue weighted by Crippen LogP contribution is -2.42. The van der Waals surface area contributed by atoms with E-state index in [1.807, 2.05) is 25.3 Å². The molecule has 1 aromatic carbocycles. The van der Waals surface area contributed by atoms with E-state index in [-0.39, 0.29) is 11.9 Å². The van der Waals surface area contributed by atoms with Crippen LogP contribution in [0.4, 0.5) is 10.8 Å². The Morgan fingerprint density at radius 3 is 2.66 bits per heavy atom. The lowest BCUT2D eigenvalue weighted by Gasteiger charge is -2.35. The topological polar surface area (TPSA) is 97.3 Å². The predicted molar refractivity (Wildman–Crippen MR) is 177 cm³/mol. The molecule has 11 heteroatoms. The third-order valence-corrected chi connectivity index (χ3v) is 10.4. The van der Waals surface area contributed by atoms with E-state index < -0.39 is 5.60 Å². The molecular weight excluding hydrogens is 574 g/mol. The van der Waals surface area contributed by atoms with E-state index >= 15 is 0 Å². The van der Waals surface area contributed by atoms with E-state index in [1.165, 1.54) is 12.8 Å². The number of thiazole rings is 1. The summed E-state index contributed by atoms with van der Waals surface area (Å²) in [6.07, 6.45) is 7.16. The van der Waals surface area contributed by atoms with Gasteiger partial charge in [-0.05, 0) is 70.3 Å². The minimum atomic E-state index is -0.605. The highest BCUT2D eigenvalue weighted by molar-refractivity contribution is 7.13. The van der Waals surface area contributed by atoms with Crippen molar-refractivity contribution in [3.8, 4) is 5.75 Å². The van der Waals surface area contributed by atoms with Crippen LogP contribution >= 0.6 is 11.3 Å². The predicted octanol–water partition coefficient (Wildman–Crippen LogP) is 3.91. The van der Waals surface area contributed by atoms with Crippen molar-refractivity contribution in [1.82, 2.24) is 25.1 Å². The molecule has 5 heterocycles. The van der Waals surface area contributed by atoms with Gasteiger partial charge >= 0.3 is 0 Å². The van der Waals surface area contributed by atoms with Gasteiger partial charge in [0.2, 0.25) is 5.91 Å². The number of nitrogens with one attached hydrogen (secondary N) is 1. The van der Waals surface area contributed by atoms with Crippen LogP contribution in [0.15, 0.2) is 35.8 Å². The summed E-state index contributed by atoms with van der Waals surface area (Å²) in [4.78, 5) is 32.8. The number of piperidine rings is 1. The van der Waals surface area contributed by atoms with Gasteiger partial charge in [0.15, 0.2) is 5.13 Å². The lowest BCUT2D eigenvalue weighted by molar-refractivity contribution is -0.122. The second-order valence-corrected chi connectivity index (χ2v) is 13.6. The SMILES string of the molecule is COc1ccc2cccnc2c1N1CCCN(C(CC(=O)NCCN2CCCC2)c2csc(N3CCC(C)(O)CC3)n2)CC1. The standard InChI is InChI=1S/C33H47N7O3S/c1-33(42)10-18-40(19-11-33)32-36-26(24-44-32)27(23-29(41)34-13-20-37-14-3-4-15-37)38-16-6-17-39(22-21-38)31-28(43-2)9-8-25-7-5-12-35-30(25)31/h5,7-9,12,24,27,42H,3-4,6,10-11,13-23H2,1-2H3,(H,34,41). The van der Waals surface area contributed by atoms with Crippen LogP contribution in [0.25, 0.3) is 10.9 Å². The Kier molecular flexibility index (Phi) is 9.85. The zero-order valence-corrected chi connectivity index (χ0v) is 27.0. The smallest absolute Gasteiger partial charge is 0.222 e. The van der Waals surface area contributed by atoms with Crippen molar-refractivity contribution in [1.29, 1.82) is 0 Å². The van der Waals surface area contributed by atoms with Gasteiger partial charge in [-0.3, -0.25) is 14.7 Å². The second-order valence-electron chi connectivity index (χ2n) is 12.7. The summed E-state index contributed by atoms with van der Waals surface area (Å²) in [5.74, 6) is 0.919. The first-order valence-electron chi connectivity index (χ1n) is 16.2. The number of ether oxygens (including phenoxy) is 1. The molecule has 0 spiro atoms. The van der Waals surface area contributed by atoms with Gasteiger partial charge in [-0.15, -0.1) is 11.3 Å². The van der Waals surface area contributed by atoms with Crippen molar-refractivity contribution >= 4 is 39.0 Å². The maximum Gasteiger partial charge on any atom is 0.222 e. The number of benzene rings is 1. The molecule has 3 aliphatic heterocycles. The van der Waals surface area contributed by atoms with Crippen LogP contribution in [0.5, 0.6) is 5.75 Å². The van der Waals surface area contributed by atoms with Gasteiger partial charge in [0.05, 0.1) is 30.0 Å². The first-order valence-corrected chi connectivity index (χ1v) is 17.1. The number of carbonyl (C=O) groups is 1. The third kappa shape index (κ3) is 7.28. The number of aliphatic hydroxyl groups is 1. The third-order valence-electron chi connectivity index (χ3n) is 9.51. The molecule has 0 bridgehead atoms. The van der Waals surface area contributed by atoms with Crippen LogP contribution < -0.4 is 19.9 Å². The van der Waals surface area contributed by atoms with Crippen molar-refractivity contribution in [2.24, 2.45) is 0 Å². The van der Waals surface area contributed by atoms with Crippen molar-refractivity contribution in [3.63, 3.8) is 0 Å². The van der Waals surface area contributed by atoms with Gasteiger partial charge < -0.3 is 29.9 Å². The number of fused-ring (bicyclic) bond motifs is 1. The van der Waals surface area contributed by atoms with E-state index in [2.05, 4.69) is 42.4 Å². The number of methoxy groups -OCH3 is 1. The Hall–Kier alpha value is -2.99. The van der Waals surface area contributed by atoms with Gasteiger partial charge in [0, 0.05) is 75.7 Å². The molecule has 6 rings (SSSR count). The summed E-state index contributed by atoms with van der Waals surface area (Å²) in [6.45, 7) is 10.7.